The van der Waals surface area contributed by atoms with Crippen LogP contribution in [0.2, 0.25) is 0 Å². The summed E-state index contributed by atoms with van der Waals surface area (Å²) >= 11 is 0. The lowest BCUT2D eigenvalue weighted by Gasteiger charge is -2.19. The van der Waals surface area contributed by atoms with Gasteiger partial charge in [0.25, 0.3) is 0 Å². The van der Waals surface area contributed by atoms with E-state index in [1.165, 1.54) is 0 Å². The average molecular weight is 238 g/mol. The van der Waals surface area contributed by atoms with Crippen molar-refractivity contribution < 1.29 is 9.50 Å². The molecule has 0 amide bonds. The smallest absolute Gasteiger partial charge is 0.129 e. The third-order valence-electron chi connectivity index (χ3n) is 3.44. The van der Waals surface area contributed by atoms with Crippen molar-refractivity contribution in [1.29, 1.82) is 0 Å². The van der Waals surface area contributed by atoms with Gasteiger partial charge in [0.2, 0.25) is 0 Å². The van der Waals surface area contributed by atoms with Gasteiger partial charge in [0.05, 0.1) is 0 Å². The number of anilines is 1. The van der Waals surface area contributed by atoms with Crippen molar-refractivity contribution in [3.8, 4) is 0 Å². The minimum Gasteiger partial charge on any atom is -0.396 e. The van der Waals surface area contributed by atoms with Crippen LogP contribution in [0.4, 0.5) is 10.1 Å². The Kier molecular flexibility index (Phi) is 3.97. The summed E-state index contributed by atoms with van der Waals surface area (Å²) in [7, 11) is 0. The summed E-state index contributed by atoms with van der Waals surface area (Å²) in [4.78, 5) is 2.17. The number of halogens is 1. The summed E-state index contributed by atoms with van der Waals surface area (Å²) in [5, 5.41) is 8.90. The van der Waals surface area contributed by atoms with Crippen molar-refractivity contribution in [3.05, 3.63) is 29.6 Å². The number of aliphatic hydroxyl groups excluding tert-OH is 1. The summed E-state index contributed by atoms with van der Waals surface area (Å²) in [5.74, 6) is 0.299. The first kappa shape index (κ1) is 12.3. The van der Waals surface area contributed by atoms with E-state index < -0.39 is 0 Å². The third kappa shape index (κ3) is 2.76. The molecule has 94 valence electrons. The Morgan fingerprint density at radius 1 is 1.47 bits per heavy atom. The Bertz CT molecular complexity index is 384. The predicted molar refractivity (Wildman–Crippen MR) is 66.3 cm³/mol. The van der Waals surface area contributed by atoms with Crippen molar-refractivity contribution >= 4 is 5.69 Å². The van der Waals surface area contributed by atoms with E-state index in [4.69, 9.17) is 10.8 Å². The van der Waals surface area contributed by atoms with Crippen LogP contribution in [-0.2, 0) is 6.54 Å². The molecule has 1 atom stereocenters. The zero-order valence-corrected chi connectivity index (χ0v) is 9.90. The van der Waals surface area contributed by atoms with Gasteiger partial charge in [0.15, 0.2) is 0 Å². The normalized spacial score (nSPS) is 19.9. The number of benzene rings is 1. The molecule has 4 heteroatoms. The van der Waals surface area contributed by atoms with Crippen LogP contribution in [0.5, 0.6) is 0 Å². The zero-order chi connectivity index (χ0) is 12.3. The van der Waals surface area contributed by atoms with Gasteiger partial charge >= 0.3 is 0 Å². The van der Waals surface area contributed by atoms with Crippen LogP contribution in [0.25, 0.3) is 0 Å². The summed E-state index contributed by atoms with van der Waals surface area (Å²) in [5.41, 5.74) is 6.91. The van der Waals surface area contributed by atoms with Crippen LogP contribution in [0.1, 0.15) is 18.4 Å². The van der Waals surface area contributed by atoms with E-state index in [9.17, 15) is 4.39 Å². The van der Waals surface area contributed by atoms with Crippen LogP contribution in [0, 0.1) is 11.7 Å². The first-order valence-electron chi connectivity index (χ1n) is 6.09. The van der Waals surface area contributed by atoms with Gasteiger partial charge in [-0.3, -0.25) is 0 Å². The molecule has 1 unspecified atom stereocenters. The van der Waals surface area contributed by atoms with E-state index in [2.05, 4.69) is 4.90 Å². The molecule has 0 saturated carbocycles. The molecule has 1 aliphatic heterocycles. The summed E-state index contributed by atoms with van der Waals surface area (Å²) in [6.45, 7) is 2.31. The molecule has 3 N–H and O–H groups in total. The molecule has 0 aliphatic carbocycles. The number of hydrogen-bond acceptors (Lipinski definition) is 3. The summed E-state index contributed by atoms with van der Waals surface area (Å²) in [6, 6.07) is 5.24. The van der Waals surface area contributed by atoms with Crippen molar-refractivity contribution in [1.82, 2.24) is 0 Å². The number of rotatable bonds is 4. The fourth-order valence-corrected chi connectivity index (χ4v) is 2.38. The summed E-state index contributed by atoms with van der Waals surface area (Å²) in [6.07, 6.45) is 1.90. The minimum absolute atomic E-state index is 0.226. The molecule has 17 heavy (non-hydrogen) atoms. The Hall–Kier alpha value is -1.13. The third-order valence-corrected chi connectivity index (χ3v) is 3.44. The molecular weight excluding hydrogens is 219 g/mol. The second kappa shape index (κ2) is 5.47. The standard InChI is InChI=1S/C13H19FN2O/c14-13-7-12(2-1-11(13)8-15)16-5-3-10(9-16)4-6-17/h1-2,7,10,17H,3-6,8-9,15H2. The molecule has 0 spiro atoms. The van der Waals surface area contributed by atoms with Gasteiger partial charge in [-0.2, -0.15) is 0 Å². The zero-order valence-electron chi connectivity index (χ0n) is 9.90. The van der Waals surface area contributed by atoms with E-state index in [1.54, 1.807) is 12.1 Å². The van der Waals surface area contributed by atoms with Crippen LogP contribution in [0.3, 0.4) is 0 Å². The maximum atomic E-state index is 13.6. The van der Waals surface area contributed by atoms with Gasteiger partial charge in [-0.05, 0) is 30.9 Å². The number of nitrogens with two attached hydrogens (primary N) is 1. The maximum absolute atomic E-state index is 13.6. The van der Waals surface area contributed by atoms with Gasteiger partial charge in [-0.1, -0.05) is 6.07 Å². The van der Waals surface area contributed by atoms with E-state index in [-0.39, 0.29) is 19.0 Å². The number of hydrogen-bond donors (Lipinski definition) is 2. The van der Waals surface area contributed by atoms with Crippen molar-refractivity contribution in [3.63, 3.8) is 0 Å². The molecule has 2 rings (SSSR count). The van der Waals surface area contributed by atoms with Crippen LogP contribution in [0.15, 0.2) is 18.2 Å². The van der Waals surface area contributed by atoms with E-state index in [0.717, 1.165) is 31.6 Å². The average Bonchev–Trinajstić information content (AvgIpc) is 2.78. The predicted octanol–water partition coefficient (Wildman–Crippen LogP) is 1.49. The van der Waals surface area contributed by atoms with Gasteiger partial charge in [-0.15, -0.1) is 0 Å². The molecule has 1 saturated heterocycles. The molecule has 0 aromatic heterocycles. The van der Waals surface area contributed by atoms with Gasteiger partial charge in [0, 0.05) is 37.5 Å². The van der Waals surface area contributed by atoms with Crippen LogP contribution >= 0.6 is 0 Å². The lowest BCUT2D eigenvalue weighted by molar-refractivity contribution is 0.263. The molecular formula is C13H19FN2O. The lowest BCUT2D eigenvalue weighted by Crippen LogP contribution is -2.20. The number of nitrogens with zero attached hydrogens (tertiary/aromatic N) is 1. The Labute approximate surface area is 101 Å². The fraction of sp³-hybridized carbons (Fsp3) is 0.538. The molecule has 1 aromatic carbocycles. The molecule has 1 fully saturated rings. The minimum atomic E-state index is -0.226. The molecule has 1 aromatic rings. The molecule has 1 heterocycles. The Morgan fingerprint density at radius 2 is 2.29 bits per heavy atom. The first-order chi connectivity index (χ1) is 8.24. The quantitative estimate of drug-likeness (QED) is 0.835. The monoisotopic (exact) mass is 238 g/mol. The van der Waals surface area contributed by atoms with Crippen molar-refractivity contribution in [2.75, 3.05) is 24.6 Å². The molecule has 1 aliphatic rings. The maximum Gasteiger partial charge on any atom is 0.129 e. The van der Waals surface area contributed by atoms with Crippen LogP contribution in [-0.4, -0.2) is 24.8 Å². The molecule has 0 bridgehead atoms. The fourth-order valence-electron chi connectivity index (χ4n) is 2.38. The summed E-state index contributed by atoms with van der Waals surface area (Å²) < 4.78 is 13.6. The SMILES string of the molecule is NCc1ccc(N2CCC(CCO)C2)cc1F. The molecule has 3 nitrogen and oxygen atoms in total. The van der Waals surface area contributed by atoms with E-state index in [0.29, 0.717) is 11.5 Å². The highest BCUT2D eigenvalue weighted by Crippen LogP contribution is 2.26. The van der Waals surface area contributed by atoms with Crippen LogP contribution < -0.4 is 10.6 Å². The van der Waals surface area contributed by atoms with Crippen molar-refractivity contribution in [2.24, 2.45) is 11.7 Å². The highest BCUT2D eigenvalue weighted by atomic mass is 19.1. The number of aliphatic hydroxyl groups is 1. The van der Waals surface area contributed by atoms with E-state index in [1.807, 2.05) is 6.07 Å². The van der Waals surface area contributed by atoms with Gasteiger partial charge < -0.3 is 15.7 Å². The largest absolute Gasteiger partial charge is 0.396 e. The molecule has 0 radical (unpaired) electrons. The Balaban J connectivity index is 2.06. The highest BCUT2D eigenvalue weighted by Gasteiger charge is 2.22. The Morgan fingerprint density at radius 3 is 2.94 bits per heavy atom. The highest BCUT2D eigenvalue weighted by molar-refractivity contribution is 5.49. The van der Waals surface area contributed by atoms with E-state index >= 15 is 0 Å². The van der Waals surface area contributed by atoms with Gasteiger partial charge in [0.1, 0.15) is 5.82 Å². The second-order valence-electron chi connectivity index (χ2n) is 4.59. The lowest BCUT2D eigenvalue weighted by atomic mass is 10.1. The second-order valence-corrected chi connectivity index (χ2v) is 4.59. The topological polar surface area (TPSA) is 49.5 Å². The first-order valence-corrected chi connectivity index (χ1v) is 6.09. The van der Waals surface area contributed by atoms with Gasteiger partial charge in [-0.25, -0.2) is 4.39 Å². The van der Waals surface area contributed by atoms with Crippen molar-refractivity contribution in [2.45, 2.75) is 19.4 Å².